The topological polar surface area (TPSA) is 87.3 Å². The number of amides is 1. The van der Waals surface area contributed by atoms with Gasteiger partial charge in [0.1, 0.15) is 11.6 Å². The molecule has 3 unspecified atom stereocenters. The molecule has 0 radical (unpaired) electrons. The average molecular weight is 507 g/mol. The second-order valence-corrected chi connectivity index (χ2v) is 9.13. The molecule has 36 heavy (non-hydrogen) atoms. The second-order valence-electron chi connectivity index (χ2n) is 9.13. The number of benzene rings is 2. The summed E-state index contributed by atoms with van der Waals surface area (Å²) in [7, 11) is 0. The van der Waals surface area contributed by atoms with Crippen LogP contribution in [0.2, 0.25) is 0 Å². The molecule has 2 aromatic carbocycles. The summed E-state index contributed by atoms with van der Waals surface area (Å²) in [5.74, 6) is -1.08. The Morgan fingerprint density at radius 2 is 1.86 bits per heavy atom. The molecule has 1 aliphatic heterocycles. The highest BCUT2D eigenvalue weighted by molar-refractivity contribution is 5.95. The molecule has 3 aromatic rings. The van der Waals surface area contributed by atoms with E-state index >= 15 is 0 Å². The van der Waals surface area contributed by atoms with Crippen molar-refractivity contribution in [3.05, 3.63) is 69.0 Å². The highest BCUT2D eigenvalue weighted by Gasteiger charge is 2.35. The first-order chi connectivity index (χ1) is 16.8. The van der Waals surface area contributed by atoms with E-state index in [0.29, 0.717) is 13.1 Å². The standard InChI is InChI=1S/C25H26F4N4O3/c1-12-10-33(11-13(2)36-12)24(35)17-6-5-16(7-21(17)26)30-14(3)18-8-19-22(9-20(18)25(27,28)29)31-15(4)32-23(19)34/h5-9,12-14,30H,10-11H2,1-4H3,(H,31,32,34). The molecule has 192 valence electrons. The zero-order chi connectivity index (χ0) is 26.4. The van der Waals surface area contributed by atoms with Gasteiger partial charge in [-0.05, 0) is 63.6 Å². The number of fused-ring (bicyclic) bond motifs is 1. The first-order valence-electron chi connectivity index (χ1n) is 11.5. The highest BCUT2D eigenvalue weighted by atomic mass is 19.4. The van der Waals surface area contributed by atoms with Gasteiger partial charge in [-0.1, -0.05) is 0 Å². The summed E-state index contributed by atoms with van der Waals surface area (Å²) in [6, 6.07) is 4.86. The fourth-order valence-electron chi connectivity index (χ4n) is 4.54. The Kier molecular flexibility index (Phi) is 6.78. The number of H-pyrrole nitrogens is 1. The summed E-state index contributed by atoms with van der Waals surface area (Å²) < 4.78 is 62.1. The molecule has 3 atom stereocenters. The molecule has 0 aliphatic carbocycles. The van der Waals surface area contributed by atoms with Crippen molar-refractivity contribution in [2.24, 2.45) is 0 Å². The number of carbonyl (C=O) groups is 1. The third-order valence-corrected chi connectivity index (χ3v) is 6.06. The van der Waals surface area contributed by atoms with Crippen molar-refractivity contribution >= 4 is 22.5 Å². The number of nitrogens with one attached hydrogen (secondary N) is 2. The lowest BCUT2D eigenvalue weighted by molar-refractivity contribution is -0.138. The van der Waals surface area contributed by atoms with E-state index in [4.69, 9.17) is 4.74 Å². The fourth-order valence-corrected chi connectivity index (χ4v) is 4.54. The van der Waals surface area contributed by atoms with Crippen molar-refractivity contribution < 1.29 is 27.1 Å². The van der Waals surface area contributed by atoms with Crippen molar-refractivity contribution in [1.82, 2.24) is 14.9 Å². The van der Waals surface area contributed by atoms with Gasteiger partial charge in [0.15, 0.2) is 0 Å². The van der Waals surface area contributed by atoms with E-state index in [0.717, 1.165) is 18.2 Å². The third kappa shape index (κ3) is 5.20. The number of morpholine rings is 1. The summed E-state index contributed by atoms with van der Waals surface area (Å²) >= 11 is 0. The maximum atomic E-state index is 14.9. The van der Waals surface area contributed by atoms with E-state index < -0.39 is 35.1 Å². The molecule has 4 rings (SSSR count). The number of anilines is 1. The predicted molar refractivity (Wildman–Crippen MR) is 126 cm³/mol. The number of aromatic amines is 1. The number of halogens is 4. The smallest absolute Gasteiger partial charge is 0.378 e. The molecule has 7 nitrogen and oxygen atoms in total. The minimum atomic E-state index is -4.70. The predicted octanol–water partition coefficient (Wildman–Crippen LogP) is 4.81. The third-order valence-electron chi connectivity index (χ3n) is 6.06. The van der Waals surface area contributed by atoms with Crippen LogP contribution in [-0.4, -0.2) is 46.1 Å². The number of ether oxygens (including phenoxy) is 1. The summed E-state index contributed by atoms with van der Waals surface area (Å²) in [5, 5.41) is 2.86. The van der Waals surface area contributed by atoms with Gasteiger partial charge in [0.2, 0.25) is 0 Å². The summed E-state index contributed by atoms with van der Waals surface area (Å²) in [4.78, 5) is 33.2. The molecule has 2 N–H and O–H groups in total. The molecule has 0 saturated carbocycles. The Hall–Kier alpha value is -3.47. The summed E-state index contributed by atoms with van der Waals surface area (Å²) in [5.41, 5.74) is -1.72. The maximum absolute atomic E-state index is 14.9. The lowest BCUT2D eigenvalue weighted by Gasteiger charge is -2.35. The summed E-state index contributed by atoms with van der Waals surface area (Å²) in [6.07, 6.45) is -5.07. The van der Waals surface area contributed by atoms with Crippen LogP contribution >= 0.6 is 0 Å². The molecule has 0 spiro atoms. The van der Waals surface area contributed by atoms with Crippen LogP contribution < -0.4 is 10.9 Å². The minimum absolute atomic E-state index is 0.0124. The second kappa shape index (κ2) is 9.53. The number of carbonyl (C=O) groups excluding carboxylic acids is 1. The molecule has 0 bridgehead atoms. The van der Waals surface area contributed by atoms with Crippen LogP contribution in [0.15, 0.2) is 35.1 Å². The van der Waals surface area contributed by atoms with E-state index in [-0.39, 0.29) is 45.7 Å². The van der Waals surface area contributed by atoms with Crippen LogP contribution in [0.25, 0.3) is 10.9 Å². The van der Waals surface area contributed by atoms with E-state index in [1.807, 2.05) is 13.8 Å². The van der Waals surface area contributed by atoms with Crippen molar-refractivity contribution in [2.45, 2.75) is 52.1 Å². The number of rotatable bonds is 4. The number of nitrogens with zero attached hydrogens (tertiary/aromatic N) is 2. The van der Waals surface area contributed by atoms with Gasteiger partial charge in [-0.15, -0.1) is 0 Å². The number of hydrogen-bond donors (Lipinski definition) is 2. The number of hydrogen-bond acceptors (Lipinski definition) is 5. The van der Waals surface area contributed by atoms with Crippen LogP contribution in [0.1, 0.15) is 54.1 Å². The van der Waals surface area contributed by atoms with Crippen LogP contribution in [0, 0.1) is 12.7 Å². The lowest BCUT2D eigenvalue weighted by Crippen LogP contribution is -2.48. The highest BCUT2D eigenvalue weighted by Crippen LogP contribution is 2.37. The van der Waals surface area contributed by atoms with Gasteiger partial charge >= 0.3 is 6.18 Å². The fraction of sp³-hybridized carbons (Fsp3) is 0.400. The van der Waals surface area contributed by atoms with Crippen molar-refractivity contribution in [3.63, 3.8) is 0 Å². The average Bonchev–Trinajstić information content (AvgIpc) is 2.76. The SMILES string of the molecule is Cc1nc2cc(C(F)(F)F)c(C(C)Nc3ccc(C(=O)N4CC(C)OC(C)C4)c(F)c3)cc2c(=O)[nH]1. The Labute approximate surface area is 204 Å². The van der Waals surface area contributed by atoms with Gasteiger partial charge in [0.05, 0.1) is 34.2 Å². The normalized spacial score (nSPS) is 19.4. The molecule has 1 amide bonds. The van der Waals surface area contributed by atoms with Gasteiger partial charge in [-0.3, -0.25) is 9.59 Å². The Bertz CT molecular complexity index is 1360. The molecular weight excluding hydrogens is 480 g/mol. The molecule has 1 fully saturated rings. The van der Waals surface area contributed by atoms with Gasteiger partial charge in [0, 0.05) is 24.8 Å². The van der Waals surface area contributed by atoms with Crippen LogP contribution in [0.4, 0.5) is 23.2 Å². The molecule has 1 saturated heterocycles. The molecule has 1 aromatic heterocycles. The van der Waals surface area contributed by atoms with Crippen LogP contribution in [0.5, 0.6) is 0 Å². The van der Waals surface area contributed by atoms with Crippen LogP contribution in [0.3, 0.4) is 0 Å². The van der Waals surface area contributed by atoms with Crippen LogP contribution in [-0.2, 0) is 10.9 Å². The maximum Gasteiger partial charge on any atom is 0.416 e. The molecule has 2 heterocycles. The van der Waals surface area contributed by atoms with Crippen molar-refractivity contribution in [2.75, 3.05) is 18.4 Å². The van der Waals surface area contributed by atoms with E-state index in [2.05, 4.69) is 15.3 Å². The zero-order valence-corrected chi connectivity index (χ0v) is 20.2. The van der Waals surface area contributed by atoms with E-state index in [1.54, 1.807) is 0 Å². The number of aromatic nitrogens is 2. The first kappa shape index (κ1) is 25.6. The molecule has 11 heteroatoms. The number of aryl methyl sites for hydroxylation is 1. The Morgan fingerprint density at radius 1 is 1.19 bits per heavy atom. The largest absolute Gasteiger partial charge is 0.416 e. The first-order valence-corrected chi connectivity index (χ1v) is 11.5. The van der Waals surface area contributed by atoms with E-state index in [1.165, 1.54) is 30.9 Å². The Balaban J connectivity index is 1.63. The lowest BCUT2D eigenvalue weighted by atomic mass is 9.98. The monoisotopic (exact) mass is 506 g/mol. The molecule has 1 aliphatic rings. The summed E-state index contributed by atoms with van der Waals surface area (Å²) in [6.45, 7) is 7.27. The Morgan fingerprint density at radius 3 is 2.47 bits per heavy atom. The zero-order valence-electron chi connectivity index (χ0n) is 20.2. The van der Waals surface area contributed by atoms with Gasteiger partial charge < -0.3 is 19.9 Å². The minimum Gasteiger partial charge on any atom is -0.378 e. The van der Waals surface area contributed by atoms with Crippen molar-refractivity contribution in [1.29, 1.82) is 0 Å². The van der Waals surface area contributed by atoms with Gasteiger partial charge in [0.25, 0.3) is 11.5 Å². The van der Waals surface area contributed by atoms with Gasteiger partial charge in [-0.2, -0.15) is 13.2 Å². The quantitative estimate of drug-likeness (QED) is 0.496. The molecular formula is C25H26F4N4O3. The number of alkyl halides is 3. The van der Waals surface area contributed by atoms with Crippen molar-refractivity contribution in [3.8, 4) is 0 Å². The van der Waals surface area contributed by atoms with E-state index in [9.17, 15) is 27.2 Å². The van der Waals surface area contributed by atoms with Gasteiger partial charge in [-0.25, -0.2) is 9.37 Å².